The molecule has 0 unspecified atom stereocenters. The maximum Gasteiger partial charge on any atom is 0.218 e. The lowest BCUT2D eigenvalue weighted by Crippen LogP contribution is -2.46. The molecule has 5 nitrogen and oxygen atoms in total. The maximum atomic E-state index is 9.21. The predicted molar refractivity (Wildman–Crippen MR) is 87.7 cm³/mol. The molecule has 0 aromatic heterocycles. The summed E-state index contributed by atoms with van der Waals surface area (Å²) in [6.07, 6.45) is 0. The van der Waals surface area contributed by atoms with Crippen LogP contribution in [-0.4, -0.2) is 29.4 Å². The van der Waals surface area contributed by atoms with Crippen molar-refractivity contribution in [3.63, 3.8) is 0 Å². The first-order valence-electron chi connectivity index (χ1n) is 6.91. The van der Waals surface area contributed by atoms with Crippen LogP contribution in [0.4, 0.5) is 0 Å². The first-order chi connectivity index (χ1) is 9.91. The Balaban J connectivity index is 0. The summed E-state index contributed by atoms with van der Waals surface area (Å²) in [5.74, 6) is 0. The fraction of sp³-hybridized carbons (Fsp3) is 0.533. The van der Waals surface area contributed by atoms with Gasteiger partial charge in [0.2, 0.25) is 5.24 Å². The van der Waals surface area contributed by atoms with E-state index >= 15 is 0 Å². The SMILES string of the molecule is CC(=O)Cl.CC[N+](CC)(CC)Cc1ccccc1.O=N[O-]. The van der Waals surface area contributed by atoms with Crippen molar-refractivity contribution in [2.75, 3.05) is 19.6 Å². The van der Waals surface area contributed by atoms with Crippen molar-refractivity contribution in [3.8, 4) is 0 Å². The van der Waals surface area contributed by atoms with Crippen LogP contribution in [0.15, 0.2) is 35.7 Å². The van der Waals surface area contributed by atoms with Crippen molar-refractivity contribution in [2.24, 2.45) is 5.34 Å². The van der Waals surface area contributed by atoms with Gasteiger partial charge in [0.1, 0.15) is 6.54 Å². The predicted octanol–water partition coefficient (Wildman–Crippen LogP) is 4.09. The third kappa shape index (κ3) is 12.0. The average molecular weight is 317 g/mol. The molecule has 1 rings (SSSR count). The quantitative estimate of drug-likeness (QED) is 0.355. The Morgan fingerprint density at radius 2 is 1.48 bits per heavy atom. The average Bonchev–Trinajstić information content (AvgIpc) is 2.46. The highest BCUT2D eigenvalue weighted by Crippen LogP contribution is 2.13. The molecular formula is C15H25ClN2O3. The molecule has 0 saturated heterocycles. The molecule has 0 bridgehead atoms. The summed E-state index contributed by atoms with van der Waals surface area (Å²) in [5, 5.41) is 8.64. The van der Waals surface area contributed by atoms with Gasteiger partial charge in [-0.2, -0.15) is 0 Å². The molecule has 0 amide bonds. The van der Waals surface area contributed by atoms with Gasteiger partial charge >= 0.3 is 0 Å². The van der Waals surface area contributed by atoms with Gasteiger partial charge in [0.25, 0.3) is 0 Å². The van der Waals surface area contributed by atoms with Crippen molar-refractivity contribution in [2.45, 2.75) is 34.2 Å². The normalized spacial score (nSPS) is 9.57. The number of nitrogens with zero attached hydrogens (tertiary/aromatic N) is 2. The van der Waals surface area contributed by atoms with Gasteiger partial charge in [0.15, 0.2) is 0 Å². The lowest BCUT2D eigenvalue weighted by atomic mass is 10.2. The van der Waals surface area contributed by atoms with Crippen molar-refractivity contribution in [1.29, 1.82) is 0 Å². The van der Waals surface area contributed by atoms with E-state index in [1.165, 1.54) is 43.1 Å². The Morgan fingerprint density at radius 3 is 1.76 bits per heavy atom. The standard InChI is InChI=1S/C13H22N.C2H3ClO.HNO2/c1-4-14(5-2,6-3)12-13-10-8-7-9-11-13;1-2(3)4;2-1-3/h7-11H,4-6,12H2,1-3H3;1H3;(H,2,3)/q+1;;/p-1. The second kappa shape index (κ2) is 13.5. The van der Waals surface area contributed by atoms with E-state index in [0.717, 1.165) is 5.34 Å². The van der Waals surface area contributed by atoms with Gasteiger partial charge in [0.05, 0.1) is 19.6 Å². The van der Waals surface area contributed by atoms with E-state index in [9.17, 15) is 4.79 Å². The smallest absolute Gasteiger partial charge is 0.218 e. The molecule has 0 atom stereocenters. The van der Waals surface area contributed by atoms with E-state index in [1.807, 2.05) is 0 Å². The molecule has 0 radical (unpaired) electrons. The van der Waals surface area contributed by atoms with E-state index in [1.54, 1.807) is 0 Å². The second-order valence-electron chi connectivity index (χ2n) is 4.48. The molecule has 120 valence electrons. The van der Waals surface area contributed by atoms with E-state index in [2.05, 4.69) is 62.7 Å². The first kappa shape index (κ1) is 21.8. The van der Waals surface area contributed by atoms with Crippen molar-refractivity contribution < 1.29 is 9.28 Å². The van der Waals surface area contributed by atoms with Crippen molar-refractivity contribution in [3.05, 3.63) is 46.0 Å². The fourth-order valence-electron chi connectivity index (χ4n) is 1.98. The highest BCUT2D eigenvalue weighted by molar-refractivity contribution is 6.62. The van der Waals surface area contributed by atoms with Crippen LogP contribution in [0.2, 0.25) is 0 Å². The molecule has 0 saturated carbocycles. The van der Waals surface area contributed by atoms with Gasteiger partial charge in [-0.05, 0) is 32.4 Å². The highest BCUT2D eigenvalue weighted by atomic mass is 35.5. The van der Waals surface area contributed by atoms with Crippen LogP contribution in [0.1, 0.15) is 33.3 Å². The number of quaternary nitrogens is 1. The Bertz CT molecular complexity index is 370. The molecule has 1 aromatic carbocycles. The highest BCUT2D eigenvalue weighted by Gasteiger charge is 2.20. The van der Waals surface area contributed by atoms with E-state index in [0.29, 0.717) is 0 Å². The number of hydrogen-bond acceptors (Lipinski definition) is 4. The molecule has 0 aliphatic heterocycles. The van der Waals surface area contributed by atoms with Crippen LogP contribution >= 0.6 is 11.6 Å². The van der Waals surface area contributed by atoms with Crippen LogP contribution in [0.5, 0.6) is 0 Å². The van der Waals surface area contributed by atoms with Crippen LogP contribution in [0.3, 0.4) is 0 Å². The number of halogens is 1. The molecule has 0 N–H and O–H groups in total. The number of rotatable bonds is 5. The largest absolute Gasteiger partial charge is 0.444 e. The molecule has 1 aromatic rings. The van der Waals surface area contributed by atoms with E-state index in [-0.39, 0.29) is 5.24 Å². The maximum absolute atomic E-state index is 9.21. The third-order valence-electron chi connectivity index (χ3n) is 3.37. The number of carbonyl (C=O) groups is 1. The van der Waals surface area contributed by atoms with Crippen LogP contribution < -0.4 is 0 Å². The summed E-state index contributed by atoms with van der Waals surface area (Å²) in [7, 11) is 0. The number of benzene rings is 1. The fourth-order valence-corrected chi connectivity index (χ4v) is 1.98. The zero-order valence-corrected chi connectivity index (χ0v) is 14.0. The molecule has 6 heteroatoms. The first-order valence-corrected chi connectivity index (χ1v) is 7.29. The molecular weight excluding hydrogens is 292 g/mol. The van der Waals surface area contributed by atoms with Gasteiger partial charge < -0.3 is 14.6 Å². The zero-order chi connectivity index (χ0) is 16.7. The summed E-state index contributed by atoms with van der Waals surface area (Å²) in [5.41, 5.74) is 1.46. The van der Waals surface area contributed by atoms with Crippen molar-refractivity contribution >= 4 is 16.8 Å². The van der Waals surface area contributed by atoms with Gasteiger partial charge in [-0.1, -0.05) is 30.3 Å². The summed E-state index contributed by atoms with van der Waals surface area (Å²) >= 11 is 4.64. The van der Waals surface area contributed by atoms with Crippen molar-refractivity contribution in [1.82, 2.24) is 0 Å². The summed E-state index contributed by atoms with van der Waals surface area (Å²) in [4.78, 5) is 17.2. The summed E-state index contributed by atoms with van der Waals surface area (Å²) in [6, 6.07) is 10.8. The van der Waals surface area contributed by atoms with Gasteiger partial charge in [-0.25, -0.2) is 0 Å². The third-order valence-corrected chi connectivity index (χ3v) is 3.37. The zero-order valence-electron chi connectivity index (χ0n) is 13.2. The second-order valence-corrected chi connectivity index (χ2v) is 5.01. The Kier molecular flexibility index (Phi) is 14.1. The molecule has 0 spiro atoms. The van der Waals surface area contributed by atoms with Gasteiger partial charge in [0, 0.05) is 12.5 Å². The van der Waals surface area contributed by atoms with E-state index in [4.69, 9.17) is 10.1 Å². The van der Waals surface area contributed by atoms with Crippen LogP contribution in [-0.2, 0) is 11.3 Å². The Morgan fingerprint density at radius 1 is 1.14 bits per heavy atom. The summed E-state index contributed by atoms with van der Waals surface area (Å²) in [6.45, 7) is 13.0. The molecule has 0 fully saturated rings. The minimum Gasteiger partial charge on any atom is -0.444 e. The monoisotopic (exact) mass is 316 g/mol. The van der Waals surface area contributed by atoms with E-state index < -0.39 is 0 Å². The number of hydrogen-bond donors (Lipinski definition) is 0. The minimum absolute atomic E-state index is 0.361. The van der Waals surface area contributed by atoms with Gasteiger partial charge in [-0.3, -0.25) is 4.79 Å². The topological polar surface area (TPSA) is 69.6 Å². The Hall–Kier alpha value is -1.46. The summed E-state index contributed by atoms with van der Waals surface area (Å²) < 4.78 is 1.20. The minimum atomic E-state index is -0.361. The lowest BCUT2D eigenvalue weighted by molar-refractivity contribution is -0.936. The molecule has 0 aliphatic carbocycles. The number of carbonyl (C=O) groups excluding carboxylic acids is 1. The molecule has 0 heterocycles. The van der Waals surface area contributed by atoms with Gasteiger partial charge in [-0.15, -0.1) is 5.34 Å². The Labute approximate surface area is 132 Å². The lowest BCUT2D eigenvalue weighted by Gasteiger charge is -2.35. The van der Waals surface area contributed by atoms with Crippen LogP contribution in [0, 0.1) is 10.1 Å². The van der Waals surface area contributed by atoms with Crippen LogP contribution in [0.25, 0.3) is 0 Å². The molecule has 21 heavy (non-hydrogen) atoms. The molecule has 0 aliphatic rings.